The maximum Gasteiger partial charge on any atom is 0.306 e. The van der Waals surface area contributed by atoms with E-state index >= 15 is 0 Å². The van der Waals surface area contributed by atoms with Gasteiger partial charge in [-0.1, -0.05) is 24.3 Å². The third-order valence-electron chi connectivity index (χ3n) is 4.68. The van der Waals surface area contributed by atoms with Gasteiger partial charge < -0.3 is 15.2 Å². The first kappa shape index (κ1) is 16.3. The van der Waals surface area contributed by atoms with E-state index in [-0.39, 0.29) is 24.3 Å². The first-order chi connectivity index (χ1) is 11.6. The van der Waals surface area contributed by atoms with Crippen LogP contribution in [-0.2, 0) is 16.0 Å². The number of hydrogen-bond acceptors (Lipinski definition) is 3. The summed E-state index contributed by atoms with van der Waals surface area (Å²) in [6, 6.07) is 11.7. The van der Waals surface area contributed by atoms with Crippen LogP contribution in [0, 0.1) is 5.92 Å². The van der Waals surface area contributed by atoms with Crippen molar-refractivity contribution in [2.45, 2.75) is 31.7 Å². The molecule has 5 heteroatoms. The summed E-state index contributed by atoms with van der Waals surface area (Å²) in [5.74, 6) is -0.415. The molecule has 0 saturated heterocycles. The molecule has 5 nitrogen and oxygen atoms in total. The molecule has 1 saturated carbocycles. The van der Waals surface area contributed by atoms with Crippen molar-refractivity contribution in [1.82, 2.24) is 5.32 Å². The zero-order valence-electron chi connectivity index (χ0n) is 13.6. The fraction of sp³-hybridized carbons (Fsp3) is 0.368. The molecule has 3 rings (SSSR count). The van der Waals surface area contributed by atoms with Crippen molar-refractivity contribution in [3.05, 3.63) is 42.0 Å². The van der Waals surface area contributed by atoms with Gasteiger partial charge in [0.1, 0.15) is 5.75 Å². The van der Waals surface area contributed by atoms with Gasteiger partial charge in [0.25, 0.3) is 0 Å². The number of aliphatic carboxylic acids is 1. The van der Waals surface area contributed by atoms with Crippen LogP contribution in [0.1, 0.15) is 24.8 Å². The second-order valence-electron chi connectivity index (χ2n) is 6.29. The normalized spacial score (nSPS) is 20.0. The summed E-state index contributed by atoms with van der Waals surface area (Å²) in [7, 11) is 1.62. The number of fused-ring (bicyclic) bond motifs is 1. The molecule has 1 aliphatic rings. The van der Waals surface area contributed by atoms with Gasteiger partial charge in [-0.3, -0.25) is 9.59 Å². The molecule has 0 aromatic heterocycles. The van der Waals surface area contributed by atoms with E-state index in [1.807, 2.05) is 36.4 Å². The van der Waals surface area contributed by atoms with Crippen LogP contribution in [0.3, 0.4) is 0 Å². The molecule has 2 aromatic carbocycles. The molecule has 0 unspecified atom stereocenters. The molecular weight excluding hydrogens is 306 g/mol. The van der Waals surface area contributed by atoms with E-state index in [4.69, 9.17) is 9.84 Å². The van der Waals surface area contributed by atoms with E-state index in [0.717, 1.165) is 28.5 Å². The van der Waals surface area contributed by atoms with Crippen LogP contribution in [0.2, 0.25) is 0 Å². The zero-order valence-corrected chi connectivity index (χ0v) is 13.6. The Bertz CT molecular complexity index is 771. The summed E-state index contributed by atoms with van der Waals surface area (Å²) in [6.07, 6.45) is 2.15. The summed E-state index contributed by atoms with van der Waals surface area (Å²) in [5.41, 5.74) is 0.941. The summed E-state index contributed by atoms with van der Waals surface area (Å²) >= 11 is 0. The van der Waals surface area contributed by atoms with Gasteiger partial charge in [0.05, 0.1) is 19.4 Å². The molecule has 126 valence electrons. The summed E-state index contributed by atoms with van der Waals surface area (Å²) in [4.78, 5) is 23.4. The van der Waals surface area contributed by atoms with Crippen molar-refractivity contribution in [2.24, 2.45) is 5.92 Å². The number of rotatable bonds is 5. The fourth-order valence-electron chi connectivity index (χ4n) is 3.39. The predicted molar refractivity (Wildman–Crippen MR) is 91.1 cm³/mol. The molecule has 2 N–H and O–H groups in total. The van der Waals surface area contributed by atoms with Crippen molar-refractivity contribution in [3.63, 3.8) is 0 Å². The second kappa shape index (κ2) is 6.91. The van der Waals surface area contributed by atoms with Crippen molar-refractivity contribution < 1.29 is 19.4 Å². The second-order valence-corrected chi connectivity index (χ2v) is 6.29. The lowest BCUT2D eigenvalue weighted by Gasteiger charge is -2.13. The van der Waals surface area contributed by atoms with Gasteiger partial charge in [-0.2, -0.15) is 0 Å². The third-order valence-corrected chi connectivity index (χ3v) is 4.68. The van der Waals surface area contributed by atoms with Crippen molar-refractivity contribution in [2.75, 3.05) is 7.11 Å². The monoisotopic (exact) mass is 327 g/mol. The van der Waals surface area contributed by atoms with E-state index in [0.29, 0.717) is 12.8 Å². The average molecular weight is 327 g/mol. The molecular formula is C19H21NO4. The Balaban J connectivity index is 1.70. The molecule has 1 fully saturated rings. The Morgan fingerprint density at radius 2 is 2.08 bits per heavy atom. The van der Waals surface area contributed by atoms with E-state index < -0.39 is 5.97 Å². The standard InChI is InChI=1S/C19H21NO4/c1-24-16-8-6-12-3-2-4-13(17(12)11-16)10-18(21)20-15-7-5-14(9-15)19(22)23/h2-4,6,8,11,14-15H,5,7,9-10H2,1H3,(H,20,21)(H,22,23)/t14-,15+/m0/s1. The number of methoxy groups -OCH3 is 1. The summed E-state index contributed by atoms with van der Waals surface area (Å²) in [5, 5.41) is 14.1. The Labute approximate surface area is 140 Å². The van der Waals surface area contributed by atoms with Gasteiger partial charge in [0.2, 0.25) is 5.91 Å². The van der Waals surface area contributed by atoms with Crippen LogP contribution in [0.5, 0.6) is 5.75 Å². The number of carbonyl (C=O) groups is 2. The first-order valence-corrected chi connectivity index (χ1v) is 8.14. The largest absolute Gasteiger partial charge is 0.497 e. The quantitative estimate of drug-likeness (QED) is 0.885. The molecule has 0 heterocycles. The van der Waals surface area contributed by atoms with Crippen LogP contribution >= 0.6 is 0 Å². The maximum atomic E-state index is 12.4. The Hall–Kier alpha value is -2.56. The Kier molecular flexibility index (Phi) is 4.69. The highest BCUT2D eigenvalue weighted by atomic mass is 16.5. The van der Waals surface area contributed by atoms with E-state index in [1.54, 1.807) is 7.11 Å². The molecule has 1 amide bonds. The molecule has 24 heavy (non-hydrogen) atoms. The van der Waals surface area contributed by atoms with Crippen LogP contribution in [-0.4, -0.2) is 30.1 Å². The molecule has 0 radical (unpaired) electrons. The number of carboxylic acid groups (broad SMARTS) is 1. The highest BCUT2D eigenvalue weighted by molar-refractivity contribution is 5.91. The highest BCUT2D eigenvalue weighted by Crippen LogP contribution is 2.27. The topological polar surface area (TPSA) is 75.6 Å². The molecule has 2 atom stereocenters. The summed E-state index contributed by atoms with van der Waals surface area (Å²) < 4.78 is 5.27. The minimum Gasteiger partial charge on any atom is -0.497 e. The number of carboxylic acids is 1. The van der Waals surface area contributed by atoms with E-state index in [2.05, 4.69) is 5.32 Å². The molecule has 0 aliphatic heterocycles. The Morgan fingerprint density at radius 3 is 2.79 bits per heavy atom. The third kappa shape index (κ3) is 3.50. The van der Waals surface area contributed by atoms with Gasteiger partial charge in [-0.25, -0.2) is 0 Å². The number of amides is 1. The lowest BCUT2D eigenvalue weighted by Crippen LogP contribution is -2.34. The minimum absolute atomic E-state index is 0.0388. The van der Waals surface area contributed by atoms with Gasteiger partial charge in [-0.05, 0) is 47.7 Å². The molecule has 0 bridgehead atoms. The molecule has 2 aromatic rings. The maximum absolute atomic E-state index is 12.4. The number of nitrogens with one attached hydrogen (secondary N) is 1. The molecule has 1 aliphatic carbocycles. The molecule has 0 spiro atoms. The SMILES string of the molecule is COc1ccc2cccc(CC(=O)N[C@@H]3CC[C@H](C(=O)O)C3)c2c1. The van der Waals surface area contributed by atoms with E-state index in [9.17, 15) is 9.59 Å². The average Bonchev–Trinajstić information content (AvgIpc) is 3.03. The lowest BCUT2D eigenvalue weighted by atomic mass is 10.0. The van der Waals surface area contributed by atoms with Gasteiger partial charge >= 0.3 is 5.97 Å². The van der Waals surface area contributed by atoms with Crippen LogP contribution in [0.15, 0.2) is 36.4 Å². The fourth-order valence-corrected chi connectivity index (χ4v) is 3.39. The summed E-state index contributed by atoms with van der Waals surface area (Å²) in [6.45, 7) is 0. The Morgan fingerprint density at radius 1 is 1.25 bits per heavy atom. The van der Waals surface area contributed by atoms with Crippen LogP contribution in [0.25, 0.3) is 10.8 Å². The smallest absolute Gasteiger partial charge is 0.306 e. The number of ether oxygens (including phenoxy) is 1. The van der Waals surface area contributed by atoms with Crippen molar-refractivity contribution in [3.8, 4) is 5.75 Å². The van der Waals surface area contributed by atoms with Gasteiger partial charge in [0, 0.05) is 6.04 Å². The minimum atomic E-state index is -0.770. The zero-order chi connectivity index (χ0) is 17.1. The van der Waals surface area contributed by atoms with Crippen LogP contribution in [0.4, 0.5) is 0 Å². The number of carbonyl (C=O) groups excluding carboxylic acids is 1. The predicted octanol–water partition coefficient (Wildman–Crippen LogP) is 2.76. The highest BCUT2D eigenvalue weighted by Gasteiger charge is 2.30. The number of benzene rings is 2. The van der Waals surface area contributed by atoms with E-state index in [1.165, 1.54) is 0 Å². The van der Waals surface area contributed by atoms with Crippen molar-refractivity contribution >= 4 is 22.6 Å². The lowest BCUT2D eigenvalue weighted by molar-refractivity contribution is -0.141. The van der Waals surface area contributed by atoms with Gasteiger partial charge in [0.15, 0.2) is 0 Å². The number of hydrogen-bond donors (Lipinski definition) is 2. The van der Waals surface area contributed by atoms with Crippen molar-refractivity contribution in [1.29, 1.82) is 0 Å². The van der Waals surface area contributed by atoms with Crippen LogP contribution < -0.4 is 10.1 Å². The first-order valence-electron chi connectivity index (χ1n) is 8.14. The van der Waals surface area contributed by atoms with Gasteiger partial charge in [-0.15, -0.1) is 0 Å².